The van der Waals surface area contributed by atoms with Gasteiger partial charge in [0.1, 0.15) is 5.82 Å². The van der Waals surface area contributed by atoms with E-state index < -0.39 is 23.7 Å². The van der Waals surface area contributed by atoms with E-state index in [-0.39, 0.29) is 10.6 Å². The number of amides is 1. The highest BCUT2D eigenvalue weighted by molar-refractivity contribution is 6.31. The second kappa shape index (κ2) is 6.37. The molecule has 0 radical (unpaired) electrons. The van der Waals surface area contributed by atoms with Gasteiger partial charge in [0, 0.05) is 5.56 Å². The molecule has 0 fully saturated rings. The van der Waals surface area contributed by atoms with Crippen LogP contribution in [0.4, 0.5) is 4.39 Å². The molecule has 4 nitrogen and oxygen atoms in total. The van der Waals surface area contributed by atoms with Crippen LogP contribution >= 0.6 is 11.6 Å². The van der Waals surface area contributed by atoms with E-state index in [9.17, 15) is 19.1 Å². The zero-order valence-corrected chi connectivity index (χ0v) is 11.5. The topological polar surface area (TPSA) is 66.4 Å². The van der Waals surface area contributed by atoms with E-state index in [1.807, 2.05) is 0 Å². The maximum absolute atomic E-state index is 13.1. The van der Waals surface area contributed by atoms with E-state index in [1.54, 1.807) is 30.3 Å². The van der Waals surface area contributed by atoms with Crippen molar-refractivity contribution in [3.8, 4) is 0 Å². The van der Waals surface area contributed by atoms with E-state index in [0.717, 1.165) is 12.1 Å². The number of halogens is 2. The zero-order valence-electron chi connectivity index (χ0n) is 10.7. The maximum Gasteiger partial charge on any atom is 0.330 e. The number of rotatable bonds is 4. The molecule has 0 saturated carbocycles. The van der Waals surface area contributed by atoms with Crippen LogP contribution < -0.4 is 5.32 Å². The summed E-state index contributed by atoms with van der Waals surface area (Å²) in [6, 6.07) is 10.5. The molecule has 2 aromatic carbocycles. The Morgan fingerprint density at radius 2 is 1.81 bits per heavy atom. The highest BCUT2D eigenvalue weighted by Gasteiger charge is 2.22. The highest BCUT2D eigenvalue weighted by Crippen LogP contribution is 2.18. The van der Waals surface area contributed by atoms with Gasteiger partial charge in [0.25, 0.3) is 5.91 Å². The Labute approximate surface area is 125 Å². The molecule has 0 spiro atoms. The second-order valence-electron chi connectivity index (χ2n) is 4.28. The van der Waals surface area contributed by atoms with Crippen LogP contribution in [0.3, 0.4) is 0 Å². The van der Waals surface area contributed by atoms with Crippen molar-refractivity contribution in [2.75, 3.05) is 0 Å². The fraction of sp³-hybridized carbons (Fsp3) is 0.0667. The minimum Gasteiger partial charge on any atom is -0.479 e. The molecule has 0 saturated heterocycles. The van der Waals surface area contributed by atoms with Gasteiger partial charge in [-0.15, -0.1) is 0 Å². The first-order valence-electron chi connectivity index (χ1n) is 6.02. The van der Waals surface area contributed by atoms with Crippen LogP contribution in [0.5, 0.6) is 0 Å². The first-order chi connectivity index (χ1) is 9.99. The van der Waals surface area contributed by atoms with Crippen LogP contribution in [0, 0.1) is 5.82 Å². The molecule has 1 atom stereocenters. The van der Waals surface area contributed by atoms with Gasteiger partial charge in [0.2, 0.25) is 0 Å². The molecule has 21 heavy (non-hydrogen) atoms. The minimum absolute atomic E-state index is 0.0866. The first-order valence-corrected chi connectivity index (χ1v) is 6.40. The van der Waals surface area contributed by atoms with Crippen LogP contribution in [-0.4, -0.2) is 17.0 Å². The largest absolute Gasteiger partial charge is 0.479 e. The lowest BCUT2D eigenvalue weighted by atomic mass is 10.1. The van der Waals surface area contributed by atoms with Gasteiger partial charge in [-0.2, -0.15) is 0 Å². The van der Waals surface area contributed by atoms with Gasteiger partial charge < -0.3 is 10.4 Å². The molecule has 108 valence electrons. The summed E-state index contributed by atoms with van der Waals surface area (Å²) in [5.41, 5.74) is 0.523. The van der Waals surface area contributed by atoms with Crippen LogP contribution in [0.1, 0.15) is 22.0 Å². The normalized spacial score (nSPS) is 11.7. The quantitative estimate of drug-likeness (QED) is 0.912. The van der Waals surface area contributed by atoms with E-state index in [1.165, 1.54) is 6.07 Å². The molecule has 2 aromatic rings. The smallest absolute Gasteiger partial charge is 0.330 e. The Bertz CT molecular complexity index is 676. The summed E-state index contributed by atoms with van der Waals surface area (Å²) in [4.78, 5) is 23.3. The molecule has 0 heterocycles. The highest BCUT2D eigenvalue weighted by atomic mass is 35.5. The molecule has 0 aliphatic rings. The second-order valence-corrected chi connectivity index (χ2v) is 4.69. The lowest BCUT2D eigenvalue weighted by molar-refractivity contribution is -0.139. The minimum atomic E-state index is -1.19. The predicted octanol–water partition coefficient (Wildman–Crippen LogP) is 3.03. The summed E-state index contributed by atoms with van der Waals surface area (Å²) < 4.78 is 13.1. The Morgan fingerprint density at radius 3 is 2.38 bits per heavy atom. The van der Waals surface area contributed by atoms with Crippen molar-refractivity contribution in [2.45, 2.75) is 6.04 Å². The van der Waals surface area contributed by atoms with Gasteiger partial charge in [-0.05, 0) is 23.8 Å². The van der Waals surface area contributed by atoms with Crippen molar-refractivity contribution in [1.29, 1.82) is 0 Å². The summed E-state index contributed by atoms with van der Waals surface area (Å²) in [5.74, 6) is -2.48. The van der Waals surface area contributed by atoms with Gasteiger partial charge in [-0.1, -0.05) is 41.9 Å². The van der Waals surface area contributed by atoms with Crippen molar-refractivity contribution >= 4 is 23.5 Å². The average molecular weight is 308 g/mol. The Balaban J connectivity index is 2.23. The number of benzene rings is 2. The standard InChI is InChI=1S/C15H11ClFNO3/c16-11-8-10(6-7-12(11)17)14(19)18-13(15(20)21)9-4-2-1-3-5-9/h1-8,13H,(H,18,19)(H,20,21)/t13-/m1/s1. The molecule has 0 aromatic heterocycles. The van der Waals surface area contributed by atoms with E-state index >= 15 is 0 Å². The number of carboxylic acids is 1. The first kappa shape index (κ1) is 15.0. The van der Waals surface area contributed by atoms with Gasteiger partial charge in [0.15, 0.2) is 6.04 Å². The van der Waals surface area contributed by atoms with E-state index in [2.05, 4.69) is 5.32 Å². The zero-order chi connectivity index (χ0) is 15.4. The summed E-state index contributed by atoms with van der Waals surface area (Å²) >= 11 is 5.60. The molecule has 0 unspecified atom stereocenters. The van der Waals surface area contributed by atoms with Gasteiger partial charge in [-0.3, -0.25) is 4.79 Å². The number of carbonyl (C=O) groups is 2. The van der Waals surface area contributed by atoms with Gasteiger partial charge in [-0.25, -0.2) is 9.18 Å². The predicted molar refractivity (Wildman–Crippen MR) is 75.7 cm³/mol. The fourth-order valence-electron chi connectivity index (χ4n) is 1.78. The molecular formula is C15H11ClFNO3. The van der Waals surface area contributed by atoms with Gasteiger partial charge in [0.05, 0.1) is 5.02 Å². The number of hydrogen-bond donors (Lipinski definition) is 2. The van der Waals surface area contributed by atoms with Crippen molar-refractivity contribution in [2.24, 2.45) is 0 Å². The van der Waals surface area contributed by atoms with E-state index in [4.69, 9.17) is 11.6 Å². The number of nitrogens with one attached hydrogen (secondary N) is 1. The summed E-state index contributed by atoms with van der Waals surface area (Å²) in [6.07, 6.45) is 0. The lowest BCUT2D eigenvalue weighted by Crippen LogP contribution is -2.33. The van der Waals surface area contributed by atoms with Crippen LogP contribution in [0.25, 0.3) is 0 Å². The van der Waals surface area contributed by atoms with E-state index in [0.29, 0.717) is 5.56 Å². The van der Waals surface area contributed by atoms with Crippen LogP contribution in [0.2, 0.25) is 5.02 Å². The SMILES string of the molecule is O=C(N[C@@H](C(=O)O)c1ccccc1)c1ccc(F)c(Cl)c1. The third-order valence-electron chi connectivity index (χ3n) is 2.84. The Hall–Kier alpha value is -2.40. The maximum atomic E-state index is 13.1. The lowest BCUT2D eigenvalue weighted by Gasteiger charge is -2.15. The fourth-order valence-corrected chi connectivity index (χ4v) is 1.97. The number of carbonyl (C=O) groups excluding carboxylic acids is 1. The molecule has 2 N–H and O–H groups in total. The summed E-state index contributed by atoms with van der Waals surface area (Å²) in [7, 11) is 0. The number of hydrogen-bond acceptors (Lipinski definition) is 2. The monoisotopic (exact) mass is 307 g/mol. The third-order valence-corrected chi connectivity index (χ3v) is 3.13. The van der Waals surface area contributed by atoms with Crippen molar-refractivity contribution in [1.82, 2.24) is 5.32 Å². The number of aliphatic carboxylic acids is 1. The van der Waals surface area contributed by atoms with Crippen molar-refractivity contribution in [3.63, 3.8) is 0 Å². The average Bonchev–Trinajstić information content (AvgIpc) is 2.48. The van der Waals surface area contributed by atoms with Crippen molar-refractivity contribution < 1.29 is 19.1 Å². The summed E-state index contributed by atoms with van der Waals surface area (Å²) in [5, 5.41) is 11.4. The number of carboxylic acid groups (broad SMARTS) is 1. The molecule has 1 amide bonds. The molecular weight excluding hydrogens is 297 g/mol. The molecule has 0 bridgehead atoms. The molecule has 2 rings (SSSR count). The van der Waals surface area contributed by atoms with Crippen LogP contribution in [0.15, 0.2) is 48.5 Å². The molecule has 0 aliphatic carbocycles. The Kier molecular flexibility index (Phi) is 4.55. The van der Waals surface area contributed by atoms with Gasteiger partial charge >= 0.3 is 5.97 Å². The third kappa shape index (κ3) is 3.58. The molecule has 6 heteroatoms. The molecule has 0 aliphatic heterocycles. The van der Waals surface area contributed by atoms with Crippen LogP contribution in [-0.2, 0) is 4.79 Å². The van der Waals surface area contributed by atoms with Crippen molar-refractivity contribution in [3.05, 3.63) is 70.5 Å². The Morgan fingerprint density at radius 1 is 1.14 bits per heavy atom. The summed E-state index contributed by atoms with van der Waals surface area (Å²) in [6.45, 7) is 0.